The Morgan fingerprint density at radius 2 is 1.90 bits per heavy atom. The van der Waals surface area contributed by atoms with E-state index in [2.05, 4.69) is 17.2 Å². The molecule has 1 N–H and O–H groups in total. The second kappa shape index (κ2) is 6.37. The van der Waals surface area contributed by atoms with Gasteiger partial charge in [0.25, 0.3) is 0 Å². The minimum absolute atomic E-state index is 0.823. The highest BCUT2D eigenvalue weighted by Crippen LogP contribution is 2.28. The molecule has 0 spiro atoms. The molecule has 0 fully saturated rings. The fourth-order valence-electron chi connectivity index (χ4n) is 1.94. The number of aryl methyl sites for hydroxylation is 2. The third-order valence-electron chi connectivity index (χ3n) is 3.19. The molecular weight excluding hydrogens is 250 g/mol. The summed E-state index contributed by atoms with van der Waals surface area (Å²) < 4.78 is 5.28. The van der Waals surface area contributed by atoms with Gasteiger partial charge in [-0.1, -0.05) is 19.1 Å². The van der Waals surface area contributed by atoms with Gasteiger partial charge in [-0.15, -0.1) is 0 Å². The third-order valence-corrected chi connectivity index (χ3v) is 3.19. The molecule has 0 aliphatic heterocycles. The van der Waals surface area contributed by atoms with E-state index in [1.165, 1.54) is 0 Å². The Morgan fingerprint density at radius 3 is 2.60 bits per heavy atom. The third kappa shape index (κ3) is 3.07. The van der Waals surface area contributed by atoms with Crippen molar-refractivity contribution in [2.75, 3.05) is 19.0 Å². The number of aromatic nitrogens is 2. The van der Waals surface area contributed by atoms with E-state index in [1.54, 1.807) is 7.11 Å². The van der Waals surface area contributed by atoms with E-state index < -0.39 is 0 Å². The second-order valence-electron chi connectivity index (χ2n) is 4.75. The second-order valence-corrected chi connectivity index (χ2v) is 4.75. The Morgan fingerprint density at radius 1 is 1.15 bits per heavy atom. The van der Waals surface area contributed by atoms with Crippen molar-refractivity contribution in [2.45, 2.75) is 27.2 Å². The van der Waals surface area contributed by atoms with Gasteiger partial charge in [-0.2, -0.15) is 0 Å². The molecule has 0 saturated carbocycles. The highest BCUT2D eigenvalue weighted by Gasteiger charge is 2.11. The first-order valence-electron chi connectivity index (χ1n) is 6.89. The highest BCUT2D eigenvalue weighted by molar-refractivity contribution is 5.72. The van der Waals surface area contributed by atoms with E-state index in [9.17, 15) is 0 Å². The quantitative estimate of drug-likeness (QED) is 0.902. The van der Waals surface area contributed by atoms with Crippen LogP contribution in [0.15, 0.2) is 24.3 Å². The molecule has 0 saturated heterocycles. The summed E-state index contributed by atoms with van der Waals surface area (Å²) >= 11 is 0. The summed E-state index contributed by atoms with van der Waals surface area (Å²) in [6.07, 6.45) is 1.05. The Hall–Kier alpha value is -2.10. The lowest BCUT2D eigenvalue weighted by molar-refractivity contribution is 0.415. The monoisotopic (exact) mass is 271 g/mol. The zero-order valence-corrected chi connectivity index (χ0v) is 12.5. The number of anilines is 1. The van der Waals surface area contributed by atoms with Gasteiger partial charge in [0.05, 0.1) is 18.5 Å². The number of hydrogen-bond acceptors (Lipinski definition) is 4. The van der Waals surface area contributed by atoms with Crippen LogP contribution in [0, 0.1) is 13.8 Å². The highest BCUT2D eigenvalue weighted by atomic mass is 16.5. The van der Waals surface area contributed by atoms with Crippen molar-refractivity contribution in [1.82, 2.24) is 9.97 Å². The lowest BCUT2D eigenvalue weighted by Crippen LogP contribution is -2.07. The fraction of sp³-hybridized carbons (Fsp3) is 0.375. The van der Waals surface area contributed by atoms with E-state index in [4.69, 9.17) is 9.72 Å². The summed E-state index contributed by atoms with van der Waals surface area (Å²) in [5, 5.41) is 3.35. The molecule has 4 nitrogen and oxygen atoms in total. The molecule has 0 amide bonds. The molecule has 20 heavy (non-hydrogen) atoms. The molecule has 0 atom stereocenters. The van der Waals surface area contributed by atoms with E-state index >= 15 is 0 Å². The SMILES string of the molecule is CCCNc1nc(C)c(C)nc1-c1cccc(OC)c1. The number of benzene rings is 1. The fourth-order valence-corrected chi connectivity index (χ4v) is 1.94. The van der Waals surface area contributed by atoms with Crippen molar-refractivity contribution in [2.24, 2.45) is 0 Å². The molecule has 1 aromatic heterocycles. The molecule has 4 heteroatoms. The van der Waals surface area contributed by atoms with Crippen molar-refractivity contribution < 1.29 is 4.74 Å². The Bertz CT molecular complexity index is 596. The van der Waals surface area contributed by atoms with Gasteiger partial charge in [-0.05, 0) is 32.4 Å². The summed E-state index contributed by atoms with van der Waals surface area (Å²) in [6, 6.07) is 7.90. The van der Waals surface area contributed by atoms with E-state index in [1.807, 2.05) is 38.1 Å². The molecule has 2 aromatic rings. The van der Waals surface area contributed by atoms with Crippen LogP contribution in [0.4, 0.5) is 5.82 Å². The molecule has 0 aliphatic carbocycles. The van der Waals surface area contributed by atoms with Crippen LogP contribution in [0.3, 0.4) is 0 Å². The summed E-state index contributed by atoms with van der Waals surface area (Å²) in [5.41, 5.74) is 3.79. The molecule has 0 unspecified atom stereocenters. The predicted molar refractivity (Wildman–Crippen MR) is 82.3 cm³/mol. The number of nitrogens with zero attached hydrogens (tertiary/aromatic N) is 2. The average Bonchev–Trinajstić information content (AvgIpc) is 2.48. The van der Waals surface area contributed by atoms with Crippen molar-refractivity contribution in [3.05, 3.63) is 35.7 Å². The maximum absolute atomic E-state index is 5.28. The van der Waals surface area contributed by atoms with Crippen molar-refractivity contribution in [3.8, 4) is 17.0 Å². The van der Waals surface area contributed by atoms with Crippen LogP contribution in [0.5, 0.6) is 5.75 Å². The molecule has 106 valence electrons. The standard InChI is InChI=1S/C16H21N3O/c1-5-9-17-16-15(18-11(2)12(3)19-16)13-7-6-8-14(10-13)20-4/h6-8,10H,5,9H2,1-4H3,(H,17,19). The Labute approximate surface area is 120 Å². The maximum atomic E-state index is 5.28. The molecule has 1 heterocycles. The van der Waals surface area contributed by atoms with Gasteiger partial charge in [0, 0.05) is 12.1 Å². The largest absolute Gasteiger partial charge is 0.497 e. The van der Waals surface area contributed by atoms with Crippen LogP contribution >= 0.6 is 0 Å². The molecule has 0 bridgehead atoms. The molecule has 0 radical (unpaired) electrons. The lowest BCUT2D eigenvalue weighted by atomic mass is 10.1. The van der Waals surface area contributed by atoms with Crippen LogP contribution in [0.1, 0.15) is 24.7 Å². The zero-order valence-electron chi connectivity index (χ0n) is 12.5. The minimum Gasteiger partial charge on any atom is -0.497 e. The lowest BCUT2D eigenvalue weighted by Gasteiger charge is -2.13. The van der Waals surface area contributed by atoms with Crippen LogP contribution in [0.2, 0.25) is 0 Å². The molecule has 2 rings (SSSR count). The Balaban J connectivity index is 2.49. The number of ether oxygens (including phenoxy) is 1. The topological polar surface area (TPSA) is 47.0 Å². The summed E-state index contributed by atoms with van der Waals surface area (Å²) in [4.78, 5) is 9.32. The summed E-state index contributed by atoms with van der Waals surface area (Å²) in [5.74, 6) is 1.66. The number of nitrogens with one attached hydrogen (secondary N) is 1. The molecule has 1 aromatic carbocycles. The van der Waals surface area contributed by atoms with Gasteiger partial charge < -0.3 is 10.1 Å². The van der Waals surface area contributed by atoms with Crippen molar-refractivity contribution in [1.29, 1.82) is 0 Å². The van der Waals surface area contributed by atoms with Crippen molar-refractivity contribution >= 4 is 5.82 Å². The van der Waals surface area contributed by atoms with E-state index in [0.29, 0.717) is 0 Å². The number of rotatable bonds is 5. The minimum atomic E-state index is 0.823. The van der Waals surface area contributed by atoms with E-state index in [0.717, 1.165) is 47.2 Å². The smallest absolute Gasteiger partial charge is 0.152 e. The summed E-state index contributed by atoms with van der Waals surface area (Å²) in [6.45, 7) is 6.98. The zero-order chi connectivity index (χ0) is 14.5. The average molecular weight is 271 g/mol. The molecule has 0 aliphatic rings. The van der Waals surface area contributed by atoms with Gasteiger partial charge in [0.1, 0.15) is 11.4 Å². The number of methoxy groups -OCH3 is 1. The predicted octanol–water partition coefficient (Wildman–Crippen LogP) is 3.59. The molecular formula is C16H21N3O. The van der Waals surface area contributed by atoms with Gasteiger partial charge in [-0.25, -0.2) is 9.97 Å². The van der Waals surface area contributed by atoms with Crippen LogP contribution in [-0.4, -0.2) is 23.6 Å². The van der Waals surface area contributed by atoms with Crippen LogP contribution in [0.25, 0.3) is 11.3 Å². The first kappa shape index (κ1) is 14.3. The normalized spacial score (nSPS) is 10.4. The maximum Gasteiger partial charge on any atom is 0.152 e. The van der Waals surface area contributed by atoms with Gasteiger partial charge in [0.15, 0.2) is 5.82 Å². The van der Waals surface area contributed by atoms with E-state index in [-0.39, 0.29) is 0 Å². The van der Waals surface area contributed by atoms with Crippen LogP contribution < -0.4 is 10.1 Å². The first-order valence-corrected chi connectivity index (χ1v) is 6.89. The Kier molecular flexibility index (Phi) is 4.56. The first-order chi connectivity index (χ1) is 9.65. The van der Waals surface area contributed by atoms with Crippen molar-refractivity contribution in [3.63, 3.8) is 0 Å². The van der Waals surface area contributed by atoms with Gasteiger partial charge in [0.2, 0.25) is 0 Å². The van der Waals surface area contributed by atoms with Gasteiger partial charge in [-0.3, -0.25) is 0 Å². The number of hydrogen-bond donors (Lipinski definition) is 1. The van der Waals surface area contributed by atoms with Crippen LogP contribution in [-0.2, 0) is 0 Å². The summed E-state index contributed by atoms with van der Waals surface area (Å²) in [7, 11) is 1.67. The van der Waals surface area contributed by atoms with Gasteiger partial charge >= 0.3 is 0 Å².